The zero-order valence-electron chi connectivity index (χ0n) is 20.9. The number of carbonyl (C=O) groups excluding carboxylic acids is 4. The van der Waals surface area contributed by atoms with Crippen LogP contribution in [0.15, 0.2) is 23.8 Å². The van der Waals surface area contributed by atoms with Gasteiger partial charge in [0.25, 0.3) is 0 Å². The van der Waals surface area contributed by atoms with Gasteiger partial charge in [-0.15, -0.1) is 0 Å². The third-order valence-corrected chi connectivity index (χ3v) is 9.58. The molecule has 8 atom stereocenters. The first-order valence-electron chi connectivity index (χ1n) is 12.5. The van der Waals surface area contributed by atoms with E-state index in [0.717, 1.165) is 12.0 Å². The van der Waals surface area contributed by atoms with E-state index < -0.39 is 46.9 Å². The van der Waals surface area contributed by atoms with Crippen LogP contribution in [0, 0.1) is 34.5 Å². The molecule has 8 nitrogen and oxygen atoms in total. The predicted octanol–water partition coefficient (Wildman–Crippen LogP) is 2.31. The third kappa shape index (κ3) is 3.80. The first kappa shape index (κ1) is 25.8. The van der Waals surface area contributed by atoms with Crippen molar-refractivity contribution in [2.75, 3.05) is 13.7 Å². The highest BCUT2D eigenvalue weighted by Crippen LogP contribution is 2.68. The van der Waals surface area contributed by atoms with Crippen LogP contribution in [0.25, 0.3) is 0 Å². The molecular formula is C27H36O8. The second kappa shape index (κ2) is 8.96. The lowest BCUT2D eigenvalue weighted by Gasteiger charge is -2.61. The van der Waals surface area contributed by atoms with Crippen molar-refractivity contribution in [1.29, 1.82) is 0 Å². The van der Waals surface area contributed by atoms with Crippen LogP contribution >= 0.6 is 0 Å². The van der Waals surface area contributed by atoms with Gasteiger partial charge in [0, 0.05) is 16.7 Å². The van der Waals surface area contributed by atoms with E-state index in [4.69, 9.17) is 4.74 Å². The predicted molar refractivity (Wildman–Crippen MR) is 125 cm³/mol. The quantitative estimate of drug-likeness (QED) is 0.546. The van der Waals surface area contributed by atoms with Gasteiger partial charge in [-0.2, -0.15) is 0 Å². The van der Waals surface area contributed by atoms with Gasteiger partial charge in [0.2, 0.25) is 5.78 Å². The summed E-state index contributed by atoms with van der Waals surface area (Å²) in [4.78, 5) is 49.6. The number of ketones is 2. The molecule has 0 amide bonds. The number of carbonyl (C=O) groups is 4. The van der Waals surface area contributed by atoms with Crippen molar-refractivity contribution in [3.63, 3.8) is 0 Å². The van der Waals surface area contributed by atoms with Gasteiger partial charge in [-0.1, -0.05) is 32.4 Å². The Balaban J connectivity index is 1.69. The van der Waals surface area contributed by atoms with Crippen molar-refractivity contribution in [2.45, 2.75) is 71.0 Å². The van der Waals surface area contributed by atoms with Crippen LogP contribution < -0.4 is 0 Å². The molecule has 3 saturated carbocycles. The van der Waals surface area contributed by atoms with Gasteiger partial charge in [-0.3, -0.25) is 19.2 Å². The first-order valence-corrected chi connectivity index (χ1v) is 12.5. The van der Waals surface area contributed by atoms with Crippen LogP contribution in [0.3, 0.4) is 0 Å². The van der Waals surface area contributed by atoms with Crippen LogP contribution in [0.4, 0.5) is 0 Å². The average molecular weight is 489 g/mol. The number of allylic oxidation sites excluding steroid dienone is 4. The molecule has 192 valence electrons. The van der Waals surface area contributed by atoms with Crippen molar-refractivity contribution in [3.05, 3.63) is 23.8 Å². The molecule has 0 spiro atoms. The molecule has 0 aliphatic heterocycles. The minimum absolute atomic E-state index is 0.0216. The highest BCUT2D eigenvalue weighted by atomic mass is 16.6. The number of aliphatic hydroxyl groups is 2. The molecule has 0 heterocycles. The Morgan fingerprint density at radius 2 is 1.86 bits per heavy atom. The Bertz CT molecular complexity index is 997. The summed E-state index contributed by atoms with van der Waals surface area (Å²) in [6, 6.07) is 0. The SMILES string of the molecule is COC(=O)CCC(=O)O[C@]1(C(=O)CO)CC[C@H]2[C@@H]3C[C@H](C)C4=CC(=O)C=C[C@]4(C)[C@H]3[C@@H](O)C[C@@]21C. The van der Waals surface area contributed by atoms with Crippen molar-refractivity contribution in [3.8, 4) is 0 Å². The van der Waals surface area contributed by atoms with E-state index in [9.17, 15) is 29.4 Å². The number of hydrogen-bond acceptors (Lipinski definition) is 8. The van der Waals surface area contributed by atoms with E-state index in [1.165, 1.54) is 7.11 Å². The van der Waals surface area contributed by atoms with Crippen LogP contribution in [0.2, 0.25) is 0 Å². The molecule has 0 aromatic rings. The molecule has 35 heavy (non-hydrogen) atoms. The molecule has 0 radical (unpaired) electrons. The summed E-state index contributed by atoms with van der Waals surface area (Å²) >= 11 is 0. The second-order valence-electron chi connectivity index (χ2n) is 11.2. The normalized spacial score (nSPS) is 41.8. The smallest absolute Gasteiger partial charge is 0.307 e. The maximum absolute atomic E-state index is 13.2. The zero-order chi connectivity index (χ0) is 25.8. The number of methoxy groups -OCH3 is 1. The molecule has 0 aromatic heterocycles. The lowest BCUT2D eigenvalue weighted by Crippen LogP contribution is -2.63. The first-order chi connectivity index (χ1) is 16.4. The number of fused-ring (bicyclic) bond motifs is 5. The highest BCUT2D eigenvalue weighted by molar-refractivity contribution is 6.01. The molecule has 4 rings (SSSR count). The molecule has 4 aliphatic rings. The number of ether oxygens (including phenoxy) is 2. The summed E-state index contributed by atoms with van der Waals surface area (Å²) in [7, 11) is 1.23. The number of esters is 2. The van der Waals surface area contributed by atoms with Gasteiger partial charge in [0.05, 0.1) is 26.1 Å². The molecule has 3 fully saturated rings. The Kier molecular flexibility index (Phi) is 6.60. The molecular weight excluding hydrogens is 452 g/mol. The van der Waals surface area contributed by atoms with Crippen LogP contribution in [0.1, 0.15) is 59.3 Å². The minimum Gasteiger partial charge on any atom is -0.469 e. The van der Waals surface area contributed by atoms with Crippen molar-refractivity contribution in [2.24, 2.45) is 34.5 Å². The fourth-order valence-electron chi connectivity index (χ4n) is 8.10. The van der Waals surface area contributed by atoms with Crippen molar-refractivity contribution >= 4 is 23.5 Å². The van der Waals surface area contributed by atoms with E-state index in [1.54, 1.807) is 12.2 Å². The summed E-state index contributed by atoms with van der Waals surface area (Å²) < 4.78 is 10.5. The van der Waals surface area contributed by atoms with Gasteiger partial charge in [0.15, 0.2) is 11.4 Å². The fourth-order valence-corrected chi connectivity index (χ4v) is 8.10. The van der Waals surface area contributed by atoms with Gasteiger partial charge in [-0.05, 0) is 55.6 Å². The third-order valence-electron chi connectivity index (χ3n) is 9.58. The van der Waals surface area contributed by atoms with E-state index in [2.05, 4.69) is 18.6 Å². The van der Waals surface area contributed by atoms with Gasteiger partial charge in [-0.25, -0.2) is 0 Å². The summed E-state index contributed by atoms with van der Waals surface area (Å²) in [5.41, 5.74) is -1.87. The molecule has 4 aliphatic carbocycles. The van der Waals surface area contributed by atoms with E-state index >= 15 is 0 Å². The minimum atomic E-state index is -1.57. The number of hydrogen-bond donors (Lipinski definition) is 2. The molecule has 0 aromatic carbocycles. The fraction of sp³-hybridized carbons (Fsp3) is 0.704. The maximum atomic E-state index is 13.2. The van der Waals surface area contributed by atoms with E-state index in [0.29, 0.717) is 6.42 Å². The summed E-state index contributed by atoms with van der Waals surface area (Å²) in [5, 5.41) is 21.4. The van der Waals surface area contributed by atoms with Gasteiger partial charge in [0.1, 0.15) is 6.61 Å². The largest absolute Gasteiger partial charge is 0.469 e. The van der Waals surface area contributed by atoms with Crippen molar-refractivity contribution < 1.29 is 38.9 Å². The molecule has 0 saturated heterocycles. The monoisotopic (exact) mass is 488 g/mol. The number of Topliss-reactive ketones (excluding diaryl/α,β-unsaturated/α-hetero) is 1. The Labute approximate surface area is 205 Å². The Hall–Kier alpha value is -2.32. The molecule has 0 bridgehead atoms. The van der Waals surface area contributed by atoms with Crippen LogP contribution in [0.5, 0.6) is 0 Å². The Morgan fingerprint density at radius 1 is 1.17 bits per heavy atom. The molecule has 0 unspecified atom stereocenters. The number of aliphatic hydroxyl groups excluding tert-OH is 2. The molecule has 8 heteroatoms. The van der Waals surface area contributed by atoms with Gasteiger partial charge >= 0.3 is 11.9 Å². The topological polar surface area (TPSA) is 127 Å². The lowest BCUT2D eigenvalue weighted by molar-refractivity contribution is -0.201. The summed E-state index contributed by atoms with van der Waals surface area (Å²) in [5.74, 6) is -1.85. The summed E-state index contributed by atoms with van der Waals surface area (Å²) in [6.45, 7) is 5.29. The summed E-state index contributed by atoms with van der Waals surface area (Å²) in [6.07, 6.45) is 5.89. The maximum Gasteiger partial charge on any atom is 0.307 e. The zero-order valence-corrected chi connectivity index (χ0v) is 20.9. The average Bonchev–Trinajstić information content (AvgIpc) is 3.10. The van der Waals surface area contributed by atoms with Crippen LogP contribution in [-0.4, -0.2) is 59.1 Å². The van der Waals surface area contributed by atoms with E-state index in [-0.39, 0.29) is 55.1 Å². The number of rotatable bonds is 6. The van der Waals surface area contributed by atoms with E-state index in [1.807, 2.05) is 13.0 Å². The highest BCUT2D eigenvalue weighted by Gasteiger charge is 2.70. The molecule has 2 N–H and O–H groups in total. The Morgan fingerprint density at radius 3 is 2.51 bits per heavy atom. The van der Waals surface area contributed by atoms with Gasteiger partial charge < -0.3 is 19.7 Å². The lowest BCUT2D eigenvalue weighted by atomic mass is 9.44. The van der Waals surface area contributed by atoms with Crippen molar-refractivity contribution in [1.82, 2.24) is 0 Å². The van der Waals surface area contributed by atoms with Crippen LogP contribution in [-0.2, 0) is 28.7 Å². The second-order valence-corrected chi connectivity index (χ2v) is 11.2. The standard InChI is InChI=1S/C27H36O8/c1-15-11-17-18-8-10-27(21(31)14-28,35-23(33)6-5-22(32)34-4)26(18,3)13-20(30)24(17)25(2)9-7-16(29)12-19(15)25/h7,9,12,15,17-18,20,24,28,30H,5-6,8,10-11,13-14H2,1-4H3/t15-,17-,18-,20-,24+,25-,26-,27-/m0/s1.